The highest BCUT2D eigenvalue weighted by atomic mass is 19.4. The highest BCUT2D eigenvalue weighted by Gasteiger charge is 2.37. The second-order valence-corrected chi connectivity index (χ2v) is 9.43. The lowest BCUT2D eigenvalue weighted by atomic mass is 10.1. The highest BCUT2D eigenvalue weighted by molar-refractivity contribution is 5.90. The van der Waals surface area contributed by atoms with E-state index in [-0.39, 0.29) is 30.4 Å². The van der Waals surface area contributed by atoms with Crippen molar-refractivity contribution in [1.29, 1.82) is 0 Å². The molecule has 4 aromatic rings. The number of alkyl halides is 6. The van der Waals surface area contributed by atoms with Gasteiger partial charge in [0.2, 0.25) is 0 Å². The van der Waals surface area contributed by atoms with Crippen LogP contribution in [-0.4, -0.2) is 27.0 Å². The molecule has 1 unspecified atom stereocenters. The van der Waals surface area contributed by atoms with Crippen molar-refractivity contribution < 1.29 is 31.1 Å². The van der Waals surface area contributed by atoms with Crippen molar-refractivity contribution in [2.75, 3.05) is 11.9 Å². The van der Waals surface area contributed by atoms with Gasteiger partial charge in [-0.15, -0.1) is 0 Å². The maximum atomic E-state index is 13.6. The summed E-state index contributed by atoms with van der Waals surface area (Å²) in [5.41, 5.74) is -2.90. The summed E-state index contributed by atoms with van der Waals surface area (Å²) in [5.74, 6) is 0.222. The van der Waals surface area contributed by atoms with Crippen LogP contribution in [0, 0.1) is 0 Å². The predicted octanol–water partition coefficient (Wildman–Crippen LogP) is 7.20. The molecule has 0 bridgehead atoms. The second kappa shape index (κ2) is 11.6. The first-order valence-corrected chi connectivity index (χ1v) is 12.7. The summed E-state index contributed by atoms with van der Waals surface area (Å²) < 4.78 is 81.8. The Morgan fingerprint density at radius 3 is 2.10 bits per heavy atom. The summed E-state index contributed by atoms with van der Waals surface area (Å²) >= 11 is 0. The van der Waals surface area contributed by atoms with E-state index in [1.165, 1.54) is 16.5 Å². The molecule has 4 rings (SSSR count). The molecular weight excluding hydrogens is 550 g/mol. The van der Waals surface area contributed by atoms with E-state index in [2.05, 4.69) is 10.3 Å². The molecule has 1 N–H and O–H groups in total. The standard InChI is InChI=1S/C29H26F6N4O2/c1-3-24(25-37-23-12-8-7-11-22(23)26(40)38(25)2)39(14-13-18-9-5-4-6-10-18)27(41)36-21-16-19(28(30,31)32)15-20(17-21)29(33,34)35/h4-12,15-17,24H,3,13-14H2,1-2H3,(H,36,41). The number of carbonyl (C=O) groups excluding carboxylic acids is 1. The van der Waals surface area contributed by atoms with E-state index in [1.807, 2.05) is 18.2 Å². The number of halogens is 6. The summed E-state index contributed by atoms with van der Waals surface area (Å²) in [5, 5.41) is 2.59. The number of benzene rings is 3. The monoisotopic (exact) mass is 576 g/mol. The first-order valence-electron chi connectivity index (χ1n) is 12.7. The van der Waals surface area contributed by atoms with E-state index < -0.39 is 41.2 Å². The Kier molecular flexibility index (Phi) is 8.41. The fourth-order valence-corrected chi connectivity index (χ4v) is 4.59. The minimum atomic E-state index is -5.08. The molecule has 41 heavy (non-hydrogen) atoms. The van der Waals surface area contributed by atoms with Gasteiger partial charge in [-0.05, 0) is 48.7 Å². The number of anilines is 1. The van der Waals surface area contributed by atoms with E-state index in [0.717, 1.165) is 5.56 Å². The Morgan fingerprint density at radius 2 is 1.51 bits per heavy atom. The number of aromatic nitrogens is 2. The van der Waals surface area contributed by atoms with Crippen LogP contribution in [-0.2, 0) is 25.8 Å². The summed E-state index contributed by atoms with van der Waals surface area (Å²) in [6.07, 6.45) is -9.58. The number of hydrogen-bond donors (Lipinski definition) is 1. The molecule has 0 fully saturated rings. The van der Waals surface area contributed by atoms with Crippen LogP contribution in [0.3, 0.4) is 0 Å². The van der Waals surface area contributed by atoms with Crippen molar-refractivity contribution in [2.24, 2.45) is 7.05 Å². The number of hydrogen-bond acceptors (Lipinski definition) is 3. The number of carbonyl (C=O) groups is 1. The zero-order valence-electron chi connectivity index (χ0n) is 22.1. The number of amides is 2. The van der Waals surface area contributed by atoms with E-state index in [1.54, 1.807) is 43.3 Å². The van der Waals surface area contributed by atoms with Crippen LogP contribution in [0.2, 0.25) is 0 Å². The number of rotatable bonds is 7. The van der Waals surface area contributed by atoms with Crippen LogP contribution in [0.5, 0.6) is 0 Å². The van der Waals surface area contributed by atoms with Gasteiger partial charge in [0.05, 0.1) is 28.1 Å². The van der Waals surface area contributed by atoms with Gasteiger partial charge in [-0.1, -0.05) is 49.4 Å². The molecule has 12 heteroatoms. The molecule has 216 valence electrons. The Morgan fingerprint density at radius 1 is 0.927 bits per heavy atom. The molecule has 2 amide bonds. The fraction of sp³-hybridized carbons (Fsp3) is 0.276. The Labute approximate surface area is 231 Å². The molecule has 1 heterocycles. The normalized spacial score (nSPS) is 12.8. The quantitative estimate of drug-likeness (QED) is 0.237. The van der Waals surface area contributed by atoms with Gasteiger partial charge in [0.25, 0.3) is 5.56 Å². The van der Waals surface area contributed by atoms with Crippen LogP contribution >= 0.6 is 0 Å². The van der Waals surface area contributed by atoms with E-state index in [0.29, 0.717) is 29.5 Å². The van der Waals surface area contributed by atoms with Crippen molar-refractivity contribution in [3.63, 3.8) is 0 Å². The van der Waals surface area contributed by atoms with Crippen LogP contribution in [0.1, 0.15) is 41.9 Å². The van der Waals surface area contributed by atoms with Crippen molar-refractivity contribution >= 4 is 22.6 Å². The summed E-state index contributed by atoms with van der Waals surface area (Å²) in [6.45, 7) is 1.77. The summed E-state index contributed by atoms with van der Waals surface area (Å²) in [6, 6.07) is 14.8. The molecule has 3 aromatic carbocycles. The maximum Gasteiger partial charge on any atom is 0.416 e. The molecule has 0 radical (unpaired) electrons. The lowest BCUT2D eigenvalue weighted by Gasteiger charge is -2.32. The molecule has 1 aromatic heterocycles. The van der Waals surface area contributed by atoms with E-state index >= 15 is 0 Å². The molecule has 0 saturated heterocycles. The zero-order chi connectivity index (χ0) is 29.9. The Hall–Kier alpha value is -4.35. The first-order chi connectivity index (χ1) is 19.3. The zero-order valence-corrected chi connectivity index (χ0v) is 22.1. The van der Waals surface area contributed by atoms with Gasteiger partial charge in [-0.3, -0.25) is 9.36 Å². The second-order valence-electron chi connectivity index (χ2n) is 9.43. The molecule has 0 aliphatic carbocycles. The van der Waals surface area contributed by atoms with Gasteiger partial charge >= 0.3 is 18.4 Å². The SMILES string of the molecule is CCC(c1nc2ccccc2c(=O)n1C)N(CCc1ccccc1)C(=O)Nc1cc(C(F)(F)F)cc(C(F)(F)F)c1. The average molecular weight is 577 g/mol. The topological polar surface area (TPSA) is 67.2 Å². The lowest BCUT2D eigenvalue weighted by Crippen LogP contribution is -2.42. The Bertz CT molecular complexity index is 1570. The molecule has 6 nitrogen and oxygen atoms in total. The molecule has 0 aliphatic heterocycles. The molecule has 0 aliphatic rings. The van der Waals surface area contributed by atoms with Crippen molar-refractivity contribution in [3.8, 4) is 0 Å². The van der Waals surface area contributed by atoms with Crippen molar-refractivity contribution in [1.82, 2.24) is 14.5 Å². The number of para-hydroxylation sites is 1. The fourth-order valence-electron chi connectivity index (χ4n) is 4.59. The first kappa shape index (κ1) is 29.6. The maximum absolute atomic E-state index is 13.6. The van der Waals surface area contributed by atoms with Crippen molar-refractivity contribution in [3.05, 3.63) is 106 Å². The minimum Gasteiger partial charge on any atom is -0.314 e. The van der Waals surface area contributed by atoms with E-state index in [9.17, 15) is 35.9 Å². The van der Waals surface area contributed by atoms with Crippen LogP contribution < -0.4 is 10.9 Å². The smallest absolute Gasteiger partial charge is 0.314 e. The van der Waals surface area contributed by atoms with Gasteiger partial charge in [0, 0.05) is 19.3 Å². The number of fused-ring (bicyclic) bond motifs is 1. The molecule has 1 atom stereocenters. The molecule has 0 spiro atoms. The largest absolute Gasteiger partial charge is 0.416 e. The van der Waals surface area contributed by atoms with Crippen LogP contribution in [0.4, 0.5) is 36.8 Å². The average Bonchev–Trinajstić information content (AvgIpc) is 2.92. The minimum absolute atomic E-state index is 0.00749. The number of urea groups is 1. The third-order valence-electron chi connectivity index (χ3n) is 6.66. The van der Waals surface area contributed by atoms with Crippen LogP contribution in [0.15, 0.2) is 77.6 Å². The van der Waals surface area contributed by atoms with Gasteiger partial charge in [0.1, 0.15) is 5.82 Å². The predicted molar refractivity (Wildman–Crippen MR) is 142 cm³/mol. The van der Waals surface area contributed by atoms with Gasteiger partial charge in [-0.25, -0.2) is 9.78 Å². The van der Waals surface area contributed by atoms with Gasteiger partial charge in [-0.2, -0.15) is 26.3 Å². The summed E-state index contributed by atoms with van der Waals surface area (Å²) in [4.78, 5) is 32.6. The van der Waals surface area contributed by atoms with E-state index in [4.69, 9.17) is 0 Å². The third kappa shape index (κ3) is 6.69. The van der Waals surface area contributed by atoms with Gasteiger partial charge < -0.3 is 10.2 Å². The Balaban J connectivity index is 1.77. The molecule has 0 saturated carbocycles. The molecular formula is C29H26F6N4O2. The van der Waals surface area contributed by atoms with Crippen LogP contribution in [0.25, 0.3) is 10.9 Å². The number of nitrogens with one attached hydrogen (secondary N) is 1. The highest BCUT2D eigenvalue weighted by Crippen LogP contribution is 2.38. The van der Waals surface area contributed by atoms with Crippen molar-refractivity contribution in [2.45, 2.75) is 38.2 Å². The lowest BCUT2D eigenvalue weighted by molar-refractivity contribution is -0.143. The van der Waals surface area contributed by atoms with Gasteiger partial charge in [0.15, 0.2) is 0 Å². The summed E-state index contributed by atoms with van der Waals surface area (Å²) in [7, 11) is 1.50. The number of nitrogens with zero attached hydrogens (tertiary/aromatic N) is 3. The third-order valence-corrected chi connectivity index (χ3v) is 6.66.